The molecular weight excluding hydrogens is 327 g/mol. The van der Waals surface area contributed by atoms with Crippen LogP contribution in [-0.2, 0) is 4.79 Å². The number of carbonyl (C=O) groups excluding carboxylic acids is 1. The molecule has 0 bridgehead atoms. The molecule has 24 heavy (non-hydrogen) atoms. The van der Waals surface area contributed by atoms with Crippen LogP contribution in [0.2, 0.25) is 5.02 Å². The third-order valence-corrected chi connectivity index (χ3v) is 4.24. The summed E-state index contributed by atoms with van der Waals surface area (Å²) in [5, 5.41) is 5.46. The van der Waals surface area contributed by atoms with E-state index in [1.54, 1.807) is 24.3 Å². The van der Waals surface area contributed by atoms with Crippen LogP contribution in [0.15, 0.2) is 42.5 Å². The minimum absolute atomic E-state index is 0.0897. The number of nitrogens with two attached hydrogens (primary N) is 1. The normalized spacial score (nSPS) is 12.2. The van der Waals surface area contributed by atoms with Crippen LogP contribution in [0, 0.1) is 18.7 Å². The van der Waals surface area contributed by atoms with E-state index in [9.17, 15) is 9.18 Å². The molecule has 0 saturated heterocycles. The molecule has 0 aromatic heterocycles. The molecule has 0 spiro atoms. The van der Waals surface area contributed by atoms with E-state index in [2.05, 4.69) is 19.2 Å². The number of benzene rings is 2. The highest BCUT2D eigenvalue weighted by molar-refractivity contribution is 6.31. The second kappa shape index (κ2) is 8.27. The van der Waals surface area contributed by atoms with Crippen molar-refractivity contribution in [1.82, 2.24) is 0 Å². The predicted molar refractivity (Wildman–Crippen MR) is 95.6 cm³/mol. The lowest BCUT2D eigenvalue weighted by atomic mass is 9.96. The van der Waals surface area contributed by atoms with Gasteiger partial charge in [-0.15, -0.1) is 0 Å². The van der Waals surface area contributed by atoms with E-state index < -0.39 is 0 Å². The summed E-state index contributed by atoms with van der Waals surface area (Å²) in [5.41, 5.74) is 2.70. The molecule has 1 amide bonds. The van der Waals surface area contributed by atoms with Gasteiger partial charge in [-0.05, 0) is 36.8 Å². The summed E-state index contributed by atoms with van der Waals surface area (Å²) >= 11 is 5.97. The molecule has 128 valence electrons. The van der Waals surface area contributed by atoms with Gasteiger partial charge in [0.05, 0.1) is 0 Å². The van der Waals surface area contributed by atoms with E-state index in [0.717, 1.165) is 16.8 Å². The molecule has 0 unspecified atom stereocenters. The number of carbonyl (C=O) groups is 1. The van der Waals surface area contributed by atoms with Crippen LogP contribution in [0.1, 0.15) is 31.0 Å². The topological polar surface area (TPSA) is 45.7 Å². The summed E-state index contributed by atoms with van der Waals surface area (Å²) in [4.78, 5) is 12.2. The molecule has 0 aliphatic rings. The average molecular weight is 350 g/mol. The number of amides is 1. The maximum atomic E-state index is 13.1. The lowest BCUT2D eigenvalue weighted by molar-refractivity contribution is -0.692. The van der Waals surface area contributed by atoms with E-state index in [1.165, 1.54) is 12.1 Å². The maximum absolute atomic E-state index is 13.1. The summed E-state index contributed by atoms with van der Waals surface area (Å²) in [7, 11) is 0. The van der Waals surface area contributed by atoms with Crippen molar-refractivity contribution in [3.05, 3.63) is 64.4 Å². The highest BCUT2D eigenvalue weighted by Gasteiger charge is 2.20. The third kappa shape index (κ3) is 5.05. The summed E-state index contributed by atoms with van der Waals surface area (Å²) < 4.78 is 13.1. The van der Waals surface area contributed by atoms with Gasteiger partial charge in [-0.25, -0.2) is 4.39 Å². The summed E-state index contributed by atoms with van der Waals surface area (Å²) in [6.07, 6.45) is 0. The zero-order valence-electron chi connectivity index (χ0n) is 14.1. The Kier molecular flexibility index (Phi) is 6.35. The largest absolute Gasteiger partial charge is 0.332 e. The number of anilines is 1. The molecule has 3 N–H and O–H groups in total. The second-order valence-electron chi connectivity index (χ2n) is 6.27. The van der Waals surface area contributed by atoms with Gasteiger partial charge in [0.1, 0.15) is 11.9 Å². The minimum Gasteiger partial charge on any atom is -0.332 e. The lowest BCUT2D eigenvalue weighted by Crippen LogP contribution is -2.88. The quantitative estimate of drug-likeness (QED) is 0.821. The van der Waals surface area contributed by atoms with Crippen molar-refractivity contribution >= 4 is 23.2 Å². The Hall–Kier alpha value is -1.91. The van der Waals surface area contributed by atoms with Crippen LogP contribution in [0.25, 0.3) is 0 Å². The number of nitrogens with one attached hydrogen (secondary N) is 1. The molecule has 2 aromatic rings. The zero-order chi connectivity index (χ0) is 17.7. The number of aryl methyl sites for hydroxylation is 1. The molecule has 0 aliphatic heterocycles. The molecular formula is C19H23ClFN2O+. The molecule has 0 radical (unpaired) electrons. The Morgan fingerprint density at radius 1 is 1.21 bits per heavy atom. The van der Waals surface area contributed by atoms with Gasteiger partial charge in [-0.1, -0.05) is 43.6 Å². The number of rotatable bonds is 6. The molecule has 0 saturated carbocycles. The highest BCUT2D eigenvalue weighted by Crippen LogP contribution is 2.20. The fourth-order valence-corrected chi connectivity index (χ4v) is 2.81. The van der Waals surface area contributed by atoms with E-state index >= 15 is 0 Å². The fourth-order valence-electron chi connectivity index (χ4n) is 2.64. The molecule has 2 rings (SSSR count). The van der Waals surface area contributed by atoms with Crippen LogP contribution in [-0.4, -0.2) is 12.5 Å². The Morgan fingerprint density at radius 3 is 2.50 bits per heavy atom. The predicted octanol–water partition coefficient (Wildman–Crippen LogP) is 3.69. The molecule has 3 nitrogen and oxygen atoms in total. The van der Waals surface area contributed by atoms with Gasteiger partial charge in [-0.3, -0.25) is 4.79 Å². The number of halogens is 2. The highest BCUT2D eigenvalue weighted by atomic mass is 35.5. The monoisotopic (exact) mass is 349 g/mol. The Balaban J connectivity index is 2.00. The third-order valence-electron chi connectivity index (χ3n) is 4.00. The number of quaternary nitrogens is 1. The molecule has 1 atom stereocenters. The first kappa shape index (κ1) is 18.4. The van der Waals surface area contributed by atoms with Crippen LogP contribution in [0.3, 0.4) is 0 Å². The summed E-state index contributed by atoms with van der Waals surface area (Å²) in [6, 6.07) is 12.0. The zero-order valence-corrected chi connectivity index (χ0v) is 14.9. The molecule has 2 aromatic carbocycles. The SMILES string of the molecule is Cc1ccc(Cl)cc1NC(=O)C[NH2+][C@@H](c1ccc(F)cc1)C(C)C. The van der Waals surface area contributed by atoms with Crippen molar-refractivity contribution in [2.75, 3.05) is 11.9 Å². The van der Waals surface area contributed by atoms with E-state index in [0.29, 0.717) is 10.9 Å². The first-order valence-corrected chi connectivity index (χ1v) is 8.39. The first-order chi connectivity index (χ1) is 11.4. The van der Waals surface area contributed by atoms with Gasteiger partial charge in [0.15, 0.2) is 6.54 Å². The molecule has 5 heteroatoms. The lowest BCUT2D eigenvalue weighted by Gasteiger charge is -2.19. The van der Waals surface area contributed by atoms with Crippen molar-refractivity contribution in [3.63, 3.8) is 0 Å². The van der Waals surface area contributed by atoms with Crippen molar-refractivity contribution in [3.8, 4) is 0 Å². The minimum atomic E-state index is -0.254. The molecule has 0 heterocycles. The van der Waals surface area contributed by atoms with Crippen molar-refractivity contribution in [2.45, 2.75) is 26.8 Å². The second-order valence-corrected chi connectivity index (χ2v) is 6.71. The van der Waals surface area contributed by atoms with Gasteiger partial charge < -0.3 is 10.6 Å². The van der Waals surface area contributed by atoms with Crippen molar-refractivity contribution < 1.29 is 14.5 Å². The van der Waals surface area contributed by atoms with Crippen LogP contribution in [0.4, 0.5) is 10.1 Å². The summed E-state index contributed by atoms with van der Waals surface area (Å²) in [6.45, 7) is 6.38. The van der Waals surface area contributed by atoms with Crippen molar-refractivity contribution in [2.24, 2.45) is 5.92 Å². The standard InChI is InChI=1S/C19H22ClFN2O/c1-12(2)19(14-5-8-16(21)9-6-14)22-11-18(24)23-17-10-15(20)7-4-13(17)3/h4-10,12,19,22H,11H2,1-3H3,(H,23,24)/p+1/t19-/m1/s1. The Bertz CT molecular complexity index is 701. The Labute approximate surface area is 147 Å². The smallest absolute Gasteiger partial charge is 0.279 e. The summed E-state index contributed by atoms with van der Waals surface area (Å²) in [5.74, 6) is -0.0280. The van der Waals surface area contributed by atoms with Crippen LogP contribution >= 0.6 is 11.6 Å². The van der Waals surface area contributed by atoms with Crippen molar-refractivity contribution in [1.29, 1.82) is 0 Å². The average Bonchev–Trinajstić information content (AvgIpc) is 2.52. The first-order valence-electron chi connectivity index (χ1n) is 8.01. The van der Waals surface area contributed by atoms with Gasteiger partial charge in [-0.2, -0.15) is 0 Å². The fraction of sp³-hybridized carbons (Fsp3) is 0.316. The Morgan fingerprint density at radius 2 is 1.88 bits per heavy atom. The van der Waals surface area contributed by atoms with E-state index in [-0.39, 0.29) is 24.3 Å². The van der Waals surface area contributed by atoms with Crippen LogP contribution < -0.4 is 10.6 Å². The van der Waals surface area contributed by atoms with Gasteiger partial charge in [0, 0.05) is 22.2 Å². The molecule has 0 fully saturated rings. The van der Waals surface area contributed by atoms with E-state index in [4.69, 9.17) is 11.6 Å². The molecule has 0 aliphatic carbocycles. The number of hydrogen-bond donors (Lipinski definition) is 2. The van der Waals surface area contributed by atoms with E-state index in [1.807, 2.05) is 18.3 Å². The van der Waals surface area contributed by atoms with Crippen LogP contribution in [0.5, 0.6) is 0 Å². The van der Waals surface area contributed by atoms with Gasteiger partial charge in [0.25, 0.3) is 5.91 Å². The number of hydrogen-bond acceptors (Lipinski definition) is 1. The maximum Gasteiger partial charge on any atom is 0.279 e. The van der Waals surface area contributed by atoms with Gasteiger partial charge >= 0.3 is 0 Å². The van der Waals surface area contributed by atoms with Gasteiger partial charge in [0.2, 0.25) is 0 Å².